The van der Waals surface area contributed by atoms with Gasteiger partial charge in [-0.25, -0.2) is 0 Å². The first-order valence-electron chi connectivity index (χ1n) is 8.44. The number of unbranched alkanes of at least 4 members (excludes halogenated alkanes) is 1. The van der Waals surface area contributed by atoms with E-state index in [0.29, 0.717) is 12.3 Å². The van der Waals surface area contributed by atoms with Crippen LogP contribution >= 0.6 is 11.8 Å². The Morgan fingerprint density at radius 1 is 1.48 bits per heavy atom. The summed E-state index contributed by atoms with van der Waals surface area (Å²) in [5.74, 6) is 2.59. The zero-order valence-electron chi connectivity index (χ0n) is 14.5. The van der Waals surface area contributed by atoms with E-state index in [9.17, 15) is 4.79 Å². The summed E-state index contributed by atoms with van der Waals surface area (Å²) >= 11 is 1.69. The van der Waals surface area contributed by atoms with Gasteiger partial charge in [-0.2, -0.15) is 0 Å². The van der Waals surface area contributed by atoms with Crippen molar-refractivity contribution in [1.82, 2.24) is 0 Å². The Morgan fingerprint density at radius 2 is 2.26 bits per heavy atom. The molecular weight excluding hydrogens is 310 g/mol. The molecule has 0 spiro atoms. The minimum absolute atomic E-state index is 0.0121. The van der Waals surface area contributed by atoms with Crippen molar-refractivity contribution < 1.29 is 14.3 Å². The quantitative estimate of drug-likeness (QED) is 0.720. The van der Waals surface area contributed by atoms with Crippen LogP contribution in [0.15, 0.2) is 12.1 Å². The van der Waals surface area contributed by atoms with Gasteiger partial charge in [-0.15, -0.1) is 11.8 Å². The smallest absolute Gasteiger partial charge is 0.237 e. The lowest BCUT2D eigenvalue weighted by atomic mass is 10.1. The van der Waals surface area contributed by atoms with Crippen LogP contribution in [-0.4, -0.2) is 29.6 Å². The first kappa shape index (κ1) is 18.0. The van der Waals surface area contributed by atoms with Gasteiger partial charge in [0.2, 0.25) is 5.91 Å². The number of hydrogen-bond acceptors (Lipinski definition) is 4. The van der Waals surface area contributed by atoms with Crippen LogP contribution < -0.4 is 14.8 Å². The van der Waals surface area contributed by atoms with Gasteiger partial charge in [0.05, 0.1) is 17.5 Å². The summed E-state index contributed by atoms with van der Waals surface area (Å²) < 4.78 is 11.5. The largest absolute Gasteiger partial charge is 0.492 e. The fraction of sp³-hybridized carbons (Fsp3) is 0.611. The molecule has 0 saturated heterocycles. The minimum Gasteiger partial charge on any atom is -0.492 e. The first-order chi connectivity index (χ1) is 11.0. The fourth-order valence-electron chi connectivity index (χ4n) is 2.53. The number of rotatable bonds is 8. The number of carbonyl (C=O) groups is 1. The molecule has 2 rings (SSSR count). The number of anilines is 1. The zero-order chi connectivity index (χ0) is 16.8. The monoisotopic (exact) mass is 337 g/mol. The predicted molar refractivity (Wildman–Crippen MR) is 96.9 cm³/mol. The molecule has 1 aliphatic heterocycles. The topological polar surface area (TPSA) is 47.6 Å². The van der Waals surface area contributed by atoms with E-state index in [1.165, 1.54) is 0 Å². The van der Waals surface area contributed by atoms with Gasteiger partial charge in [0.15, 0.2) is 0 Å². The maximum absolute atomic E-state index is 12.4. The van der Waals surface area contributed by atoms with Crippen LogP contribution in [-0.2, 0) is 11.2 Å². The SMILES string of the molecule is CCCCSC(C)C(=O)Nc1cc2c(cc1OCC)CC(C)O2. The van der Waals surface area contributed by atoms with Crippen molar-refractivity contribution in [2.45, 2.75) is 58.3 Å². The molecule has 0 aromatic heterocycles. The van der Waals surface area contributed by atoms with Gasteiger partial charge < -0.3 is 14.8 Å². The third-order valence-electron chi connectivity index (χ3n) is 3.79. The number of fused-ring (bicyclic) bond motifs is 1. The first-order valence-corrected chi connectivity index (χ1v) is 9.48. The van der Waals surface area contributed by atoms with Crippen LogP contribution in [0.4, 0.5) is 5.69 Å². The summed E-state index contributed by atoms with van der Waals surface area (Å²) in [6, 6.07) is 3.89. The molecule has 0 bridgehead atoms. The average molecular weight is 337 g/mol. The lowest BCUT2D eigenvalue weighted by Gasteiger charge is -2.16. The molecule has 2 atom stereocenters. The minimum atomic E-state index is -0.0795. The van der Waals surface area contributed by atoms with Crippen LogP contribution in [0, 0.1) is 0 Å². The molecule has 1 aromatic rings. The molecule has 0 radical (unpaired) electrons. The highest BCUT2D eigenvalue weighted by molar-refractivity contribution is 8.00. The second-order valence-electron chi connectivity index (χ2n) is 5.88. The number of nitrogens with one attached hydrogen (secondary N) is 1. The lowest BCUT2D eigenvalue weighted by Crippen LogP contribution is -2.23. The molecule has 128 valence electrons. The number of amides is 1. The van der Waals surface area contributed by atoms with Gasteiger partial charge in [-0.1, -0.05) is 13.3 Å². The highest BCUT2D eigenvalue weighted by Crippen LogP contribution is 2.38. The number of hydrogen-bond donors (Lipinski definition) is 1. The summed E-state index contributed by atoms with van der Waals surface area (Å²) in [7, 11) is 0. The molecule has 1 N–H and O–H groups in total. The van der Waals surface area contributed by atoms with Crippen molar-refractivity contribution in [1.29, 1.82) is 0 Å². The van der Waals surface area contributed by atoms with Crippen molar-refractivity contribution in [3.8, 4) is 11.5 Å². The van der Waals surface area contributed by atoms with E-state index in [1.807, 2.05) is 32.9 Å². The van der Waals surface area contributed by atoms with Crippen LogP contribution in [0.5, 0.6) is 11.5 Å². The molecule has 4 nitrogen and oxygen atoms in total. The Kier molecular flexibility index (Phi) is 6.63. The summed E-state index contributed by atoms with van der Waals surface area (Å²) in [4.78, 5) is 12.4. The van der Waals surface area contributed by atoms with Gasteiger partial charge in [0.25, 0.3) is 0 Å². The van der Waals surface area contributed by atoms with E-state index in [4.69, 9.17) is 9.47 Å². The molecule has 1 aliphatic rings. The zero-order valence-corrected chi connectivity index (χ0v) is 15.3. The van der Waals surface area contributed by atoms with E-state index in [-0.39, 0.29) is 17.3 Å². The van der Waals surface area contributed by atoms with Crippen molar-refractivity contribution in [2.75, 3.05) is 17.7 Å². The third kappa shape index (κ3) is 4.80. The second kappa shape index (κ2) is 8.48. The van der Waals surface area contributed by atoms with E-state index in [2.05, 4.69) is 12.2 Å². The second-order valence-corrected chi connectivity index (χ2v) is 7.33. The molecule has 1 aromatic carbocycles. The predicted octanol–water partition coefficient (Wildman–Crippen LogP) is 4.27. The van der Waals surface area contributed by atoms with E-state index >= 15 is 0 Å². The maximum Gasteiger partial charge on any atom is 0.237 e. The number of thioether (sulfide) groups is 1. The van der Waals surface area contributed by atoms with Crippen LogP contribution in [0.3, 0.4) is 0 Å². The third-order valence-corrected chi connectivity index (χ3v) is 5.03. The Hall–Kier alpha value is -1.36. The Bertz CT molecular complexity index is 547. The molecular formula is C18H27NO3S. The Morgan fingerprint density at radius 3 is 2.96 bits per heavy atom. The summed E-state index contributed by atoms with van der Waals surface area (Å²) in [5, 5.41) is 2.92. The normalized spacial score (nSPS) is 17.3. The van der Waals surface area contributed by atoms with Crippen molar-refractivity contribution in [3.63, 3.8) is 0 Å². The average Bonchev–Trinajstić information content (AvgIpc) is 2.87. The van der Waals surface area contributed by atoms with Crippen LogP contribution in [0.1, 0.15) is 46.1 Å². The molecule has 1 amide bonds. The van der Waals surface area contributed by atoms with Gasteiger partial charge in [-0.3, -0.25) is 4.79 Å². The summed E-state index contributed by atoms with van der Waals surface area (Å²) in [6.45, 7) is 8.66. The molecule has 0 fully saturated rings. The van der Waals surface area contributed by atoms with E-state index in [1.54, 1.807) is 11.8 Å². The molecule has 23 heavy (non-hydrogen) atoms. The molecule has 5 heteroatoms. The highest BCUT2D eigenvalue weighted by Gasteiger charge is 2.23. The van der Waals surface area contributed by atoms with Crippen molar-refractivity contribution in [3.05, 3.63) is 17.7 Å². The fourth-order valence-corrected chi connectivity index (χ4v) is 3.55. The molecule has 0 saturated carbocycles. The van der Waals surface area contributed by atoms with Crippen molar-refractivity contribution in [2.24, 2.45) is 0 Å². The van der Waals surface area contributed by atoms with Crippen LogP contribution in [0.2, 0.25) is 0 Å². The van der Waals surface area contributed by atoms with Crippen LogP contribution in [0.25, 0.3) is 0 Å². The molecule has 2 unspecified atom stereocenters. The van der Waals surface area contributed by atoms with Gasteiger partial charge in [0.1, 0.15) is 17.6 Å². The highest BCUT2D eigenvalue weighted by atomic mass is 32.2. The summed E-state index contributed by atoms with van der Waals surface area (Å²) in [6.07, 6.45) is 3.34. The van der Waals surface area contributed by atoms with Crippen molar-refractivity contribution >= 4 is 23.4 Å². The Labute approximate surface area is 143 Å². The Balaban J connectivity index is 2.09. The van der Waals surface area contributed by atoms with E-state index < -0.39 is 0 Å². The van der Waals surface area contributed by atoms with E-state index in [0.717, 1.165) is 42.1 Å². The molecule has 1 heterocycles. The summed E-state index contributed by atoms with van der Waals surface area (Å²) in [5.41, 5.74) is 1.84. The van der Waals surface area contributed by atoms with Gasteiger partial charge in [-0.05, 0) is 39.0 Å². The lowest BCUT2D eigenvalue weighted by molar-refractivity contribution is -0.115. The maximum atomic E-state index is 12.4. The standard InChI is InChI=1S/C18H27NO3S/c1-5-7-8-23-13(4)18(20)19-15-11-16-14(9-12(3)22-16)10-17(15)21-6-2/h10-13H,5-9H2,1-4H3,(H,19,20). The molecule has 0 aliphatic carbocycles. The number of benzene rings is 1. The number of carbonyl (C=O) groups excluding carboxylic acids is 1. The van der Waals surface area contributed by atoms with Gasteiger partial charge in [0, 0.05) is 18.1 Å². The van der Waals surface area contributed by atoms with Gasteiger partial charge >= 0.3 is 0 Å². The number of ether oxygens (including phenoxy) is 2.